The molecule has 0 saturated heterocycles. The highest BCUT2D eigenvalue weighted by Gasteiger charge is 1.81. The van der Waals surface area contributed by atoms with Crippen molar-refractivity contribution in [1.29, 1.82) is 0 Å². The predicted octanol–water partition coefficient (Wildman–Crippen LogP) is 2.44. The first-order valence-electron chi connectivity index (χ1n) is 4.35. The summed E-state index contributed by atoms with van der Waals surface area (Å²) >= 11 is 0. The number of hydrogen-bond donors (Lipinski definition) is 1. The van der Waals surface area contributed by atoms with Crippen LogP contribution in [0.15, 0.2) is 36.4 Å². The lowest BCUT2D eigenvalue weighted by atomic mass is 10.2. The molecule has 1 rings (SSSR count). The Hall–Kier alpha value is -1.08. The van der Waals surface area contributed by atoms with Gasteiger partial charge >= 0.3 is 0 Å². The third kappa shape index (κ3) is 3.35. The van der Waals surface area contributed by atoms with Crippen LogP contribution in [0.4, 0.5) is 0 Å². The molecule has 64 valence electrons. The van der Waals surface area contributed by atoms with Gasteiger partial charge in [0.25, 0.3) is 0 Å². The maximum absolute atomic E-state index is 5.37. The largest absolute Gasteiger partial charge is 0.330 e. The molecule has 0 fully saturated rings. The summed E-state index contributed by atoms with van der Waals surface area (Å²) in [6.45, 7) is 0.777. The average molecular weight is 161 g/mol. The first-order chi connectivity index (χ1) is 5.93. The molecule has 1 nitrogen and oxygen atoms in total. The smallest absolute Gasteiger partial charge is 0.00743 e. The minimum Gasteiger partial charge on any atom is -0.330 e. The minimum absolute atomic E-state index is 0.777. The highest BCUT2D eigenvalue weighted by atomic mass is 14.5. The standard InChI is InChI=1S/C11H15N/c12-10-6-2-5-9-11-7-3-1-4-8-11/h1,3-5,7-9H,2,6,10,12H2. The molecule has 0 aromatic heterocycles. The second kappa shape index (κ2) is 5.56. The van der Waals surface area contributed by atoms with E-state index in [2.05, 4.69) is 24.3 Å². The molecule has 0 bridgehead atoms. The van der Waals surface area contributed by atoms with Crippen molar-refractivity contribution in [1.82, 2.24) is 0 Å². The molecule has 0 aliphatic carbocycles. The summed E-state index contributed by atoms with van der Waals surface area (Å²) in [5.74, 6) is 0. The molecule has 1 heteroatoms. The second-order valence-corrected chi connectivity index (χ2v) is 2.74. The van der Waals surface area contributed by atoms with Crippen LogP contribution in [0.2, 0.25) is 0 Å². The van der Waals surface area contributed by atoms with E-state index < -0.39 is 0 Å². The van der Waals surface area contributed by atoms with Gasteiger partial charge in [-0.2, -0.15) is 0 Å². The molecule has 0 saturated carbocycles. The van der Waals surface area contributed by atoms with Crippen LogP contribution >= 0.6 is 0 Å². The van der Waals surface area contributed by atoms with E-state index >= 15 is 0 Å². The van der Waals surface area contributed by atoms with Gasteiger partial charge in [-0.1, -0.05) is 42.5 Å². The van der Waals surface area contributed by atoms with Crippen LogP contribution in [0.1, 0.15) is 18.4 Å². The summed E-state index contributed by atoms with van der Waals surface area (Å²) in [5.41, 5.74) is 6.63. The Bertz CT molecular complexity index is 226. The summed E-state index contributed by atoms with van der Waals surface area (Å²) in [6, 6.07) is 10.3. The lowest BCUT2D eigenvalue weighted by molar-refractivity contribution is 0.857. The van der Waals surface area contributed by atoms with Crippen LogP contribution in [-0.2, 0) is 0 Å². The Balaban J connectivity index is 2.36. The van der Waals surface area contributed by atoms with Crippen molar-refractivity contribution in [3.05, 3.63) is 42.0 Å². The molecule has 12 heavy (non-hydrogen) atoms. The number of unbranched alkanes of at least 4 members (excludes halogenated alkanes) is 1. The van der Waals surface area contributed by atoms with Gasteiger partial charge in [-0.25, -0.2) is 0 Å². The Labute approximate surface area is 73.9 Å². The normalized spacial score (nSPS) is 10.8. The lowest BCUT2D eigenvalue weighted by Crippen LogP contribution is -1.96. The Morgan fingerprint density at radius 1 is 1.17 bits per heavy atom. The Morgan fingerprint density at radius 2 is 1.92 bits per heavy atom. The fraction of sp³-hybridized carbons (Fsp3) is 0.273. The van der Waals surface area contributed by atoms with E-state index in [1.54, 1.807) is 0 Å². The number of rotatable bonds is 4. The van der Waals surface area contributed by atoms with Gasteiger partial charge in [0.15, 0.2) is 0 Å². The van der Waals surface area contributed by atoms with Crippen molar-refractivity contribution in [2.45, 2.75) is 12.8 Å². The second-order valence-electron chi connectivity index (χ2n) is 2.74. The van der Waals surface area contributed by atoms with Crippen LogP contribution in [0.3, 0.4) is 0 Å². The molecular weight excluding hydrogens is 146 g/mol. The zero-order chi connectivity index (χ0) is 8.65. The predicted molar refractivity (Wildman–Crippen MR) is 53.8 cm³/mol. The van der Waals surface area contributed by atoms with Gasteiger partial charge in [0.2, 0.25) is 0 Å². The van der Waals surface area contributed by atoms with Crippen molar-refractivity contribution in [2.24, 2.45) is 5.73 Å². The van der Waals surface area contributed by atoms with Gasteiger partial charge in [-0.3, -0.25) is 0 Å². The fourth-order valence-electron chi connectivity index (χ4n) is 1.02. The Kier molecular flexibility index (Phi) is 4.17. The summed E-state index contributed by atoms with van der Waals surface area (Å²) in [5, 5.41) is 0. The maximum Gasteiger partial charge on any atom is -0.00743 e. The first kappa shape index (κ1) is 9.01. The van der Waals surface area contributed by atoms with Crippen molar-refractivity contribution in [2.75, 3.05) is 6.54 Å². The first-order valence-corrected chi connectivity index (χ1v) is 4.35. The zero-order valence-electron chi connectivity index (χ0n) is 7.24. The third-order valence-electron chi connectivity index (χ3n) is 1.68. The van der Waals surface area contributed by atoms with E-state index in [1.807, 2.05) is 18.2 Å². The summed E-state index contributed by atoms with van der Waals surface area (Å²) < 4.78 is 0. The average Bonchev–Trinajstić information content (AvgIpc) is 2.14. The third-order valence-corrected chi connectivity index (χ3v) is 1.68. The van der Waals surface area contributed by atoms with Gasteiger partial charge < -0.3 is 5.73 Å². The molecular formula is C11H15N. The monoisotopic (exact) mass is 161 g/mol. The highest BCUT2D eigenvalue weighted by molar-refractivity contribution is 5.48. The zero-order valence-corrected chi connectivity index (χ0v) is 7.24. The topological polar surface area (TPSA) is 26.0 Å². The molecule has 0 radical (unpaired) electrons. The van der Waals surface area contributed by atoms with Crippen molar-refractivity contribution >= 4 is 6.08 Å². The molecule has 0 atom stereocenters. The van der Waals surface area contributed by atoms with Gasteiger partial charge in [0, 0.05) is 0 Å². The van der Waals surface area contributed by atoms with Crippen LogP contribution in [-0.4, -0.2) is 6.54 Å². The van der Waals surface area contributed by atoms with E-state index in [-0.39, 0.29) is 0 Å². The van der Waals surface area contributed by atoms with Crippen molar-refractivity contribution in [3.8, 4) is 0 Å². The summed E-state index contributed by atoms with van der Waals surface area (Å²) in [4.78, 5) is 0. The molecule has 0 aliphatic heterocycles. The summed E-state index contributed by atoms with van der Waals surface area (Å²) in [7, 11) is 0. The van der Waals surface area contributed by atoms with Gasteiger partial charge in [-0.15, -0.1) is 0 Å². The van der Waals surface area contributed by atoms with Crippen LogP contribution in [0.25, 0.3) is 6.08 Å². The van der Waals surface area contributed by atoms with Gasteiger partial charge in [0.1, 0.15) is 0 Å². The molecule has 0 spiro atoms. The van der Waals surface area contributed by atoms with Gasteiger partial charge in [0.05, 0.1) is 0 Å². The number of hydrogen-bond acceptors (Lipinski definition) is 1. The quantitative estimate of drug-likeness (QED) is 0.674. The molecule has 0 unspecified atom stereocenters. The SMILES string of the molecule is NCCCC=Cc1ccccc1. The number of benzene rings is 1. The molecule has 0 aliphatic rings. The van der Waals surface area contributed by atoms with Crippen LogP contribution in [0.5, 0.6) is 0 Å². The van der Waals surface area contributed by atoms with E-state index in [4.69, 9.17) is 5.73 Å². The van der Waals surface area contributed by atoms with E-state index in [0.717, 1.165) is 19.4 Å². The molecule has 2 N–H and O–H groups in total. The molecule has 0 heterocycles. The van der Waals surface area contributed by atoms with Crippen LogP contribution < -0.4 is 5.73 Å². The number of nitrogens with two attached hydrogens (primary N) is 1. The highest BCUT2D eigenvalue weighted by Crippen LogP contribution is 2.02. The van der Waals surface area contributed by atoms with E-state index in [0.29, 0.717) is 0 Å². The number of allylic oxidation sites excluding steroid dienone is 1. The van der Waals surface area contributed by atoms with Gasteiger partial charge in [-0.05, 0) is 24.9 Å². The Morgan fingerprint density at radius 3 is 2.58 bits per heavy atom. The van der Waals surface area contributed by atoms with E-state index in [9.17, 15) is 0 Å². The minimum atomic E-state index is 0.777. The van der Waals surface area contributed by atoms with E-state index in [1.165, 1.54) is 5.56 Å². The fourth-order valence-corrected chi connectivity index (χ4v) is 1.02. The molecule has 0 amide bonds. The summed E-state index contributed by atoms with van der Waals surface area (Å²) in [6.07, 6.45) is 6.45. The molecule has 1 aromatic rings. The maximum atomic E-state index is 5.37. The van der Waals surface area contributed by atoms with Crippen molar-refractivity contribution in [3.63, 3.8) is 0 Å². The van der Waals surface area contributed by atoms with Crippen LogP contribution in [0, 0.1) is 0 Å². The molecule has 1 aromatic carbocycles. The lowest BCUT2D eigenvalue weighted by Gasteiger charge is -1.91. The van der Waals surface area contributed by atoms with Crippen molar-refractivity contribution < 1.29 is 0 Å².